The average molecular weight is 220 g/mol. The van der Waals surface area contributed by atoms with Crippen LogP contribution in [0.4, 0.5) is 0 Å². The zero-order valence-electron chi connectivity index (χ0n) is 11.8. The molecule has 0 heterocycles. The third kappa shape index (κ3) is 5.95. The van der Waals surface area contributed by atoms with Gasteiger partial charge < -0.3 is 0 Å². The van der Waals surface area contributed by atoms with Gasteiger partial charge in [0, 0.05) is 0 Å². The number of hydrogen-bond donors (Lipinski definition) is 0. The first kappa shape index (κ1) is 15.2. The Kier molecular flexibility index (Phi) is 8.99. The molecular weight excluding hydrogens is 192 g/mol. The van der Waals surface area contributed by atoms with Crippen molar-refractivity contribution in [2.45, 2.75) is 66.7 Å². The molecule has 1 aromatic rings. The summed E-state index contributed by atoms with van der Waals surface area (Å²) >= 11 is 0. The lowest BCUT2D eigenvalue weighted by molar-refractivity contribution is 0.665. The second-order valence-corrected chi connectivity index (χ2v) is 4.24. The molecule has 0 amide bonds. The van der Waals surface area contributed by atoms with Crippen LogP contribution in [0.5, 0.6) is 0 Å². The smallest absolute Gasteiger partial charge is 0.0276 e. The van der Waals surface area contributed by atoms with Crippen LogP contribution in [0.3, 0.4) is 0 Å². The molecule has 0 aliphatic rings. The lowest BCUT2D eigenvalue weighted by Gasteiger charge is -2.06. The Balaban J connectivity index is 0.00000106. The molecule has 0 aromatic heterocycles. The molecule has 0 saturated heterocycles. The normalized spacial score (nSPS) is 9.56. The van der Waals surface area contributed by atoms with Crippen molar-refractivity contribution in [3.05, 3.63) is 34.9 Å². The van der Waals surface area contributed by atoms with Crippen LogP contribution in [-0.2, 0) is 6.42 Å². The molecule has 0 atom stereocenters. The Hall–Kier alpha value is -0.780. The van der Waals surface area contributed by atoms with Crippen LogP contribution in [0.25, 0.3) is 0 Å². The van der Waals surface area contributed by atoms with Gasteiger partial charge in [0.2, 0.25) is 0 Å². The highest BCUT2D eigenvalue weighted by atomic mass is 14.0. The molecule has 1 rings (SSSR count). The quantitative estimate of drug-likeness (QED) is 0.579. The molecule has 0 aliphatic carbocycles. The van der Waals surface area contributed by atoms with Gasteiger partial charge in [-0.05, 0) is 37.8 Å². The summed E-state index contributed by atoms with van der Waals surface area (Å²) in [5.41, 5.74) is 4.38. The zero-order chi connectivity index (χ0) is 12.4. The van der Waals surface area contributed by atoms with Crippen LogP contribution < -0.4 is 0 Å². The minimum atomic E-state index is 1.26. The molecular formula is C16H28. The van der Waals surface area contributed by atoms with Crippen molar-refractivity contribution in [2.75, 3.05) is 0 Å². The van der Waals surface area contributed by atoms with E-state index in [0.29, 0.717) is 0 Å². The van der Waals surface area contributed by atoms with Gasteiger partial charge in [-0.3, -0.25) is 0 Å². The van der Waals surface area contributed by atoms with Crippen molar-refractivity contribution in [2.24, 2.45) is 0 Å². The summed E-state index contributed by atoms with van der Waals surface area (Å²) in [6, 6.07) is 6.77. The van der Waals surface area contributed by atoms with E-state index in [1.54, 1.807) is 5.56 Å². The minimum Gasteiger partial charge on any atom is -0.0683 e. The van der Waals surface area contributed by atoms with Crippen LogP contribution in [0.2, 0.25) is 0 Å². The highest BCUT2D eigenvalue weighted by Gasteiger charge is 1.98. The summed E-state index contributed by atoms with van der Waals surface area (Å²) in [7, 11) is 0. The molecule has 0 nitrogen and oxygen atoms in total. The van der Waals surface area contributed by atoms with Gasteiger partial charge in [0.05, 0.1) is 0 Å². The summed E-state index contributed by atoms with van der Waals surface area (Å²) < 4.78 is 0. The van der Waals surface area contributed by atoms with E-state index in [1.165, 1.54) is 43.2 Å². The molecule has 0 saturated carbocycles. The molecule has 0 N–H and O–H groups in total. The van der Waals surface area contributed by atoms with E-state index >= 15 is 0 Å². The number of hydrogen-bond acceptors (Lipinski definition) is 0. The Morgan fingerprint density at radius 2 is 1.62 bits per heavy atom. The Bertz CT molecular complexity index is 273. The van der Waals surface area contributed by atoms with Crippen LogP contribution in [0.15, 0.2) is 18.2 Å². The second kappa shape index (κ2) is 9.45. The Morgan fingerprint density at radius 3 is 2.25 bits per heavy atom. The lowest BCUT2D eigenvalue weighted by atomic mass is 10.00. The van der Waals surface area contributed by atoms with Crippen LogP contribution >= 0.6 is 0 Å². The van der Waals surface area contributed by atoms with Crippen LogP contribution in [0.1, 0.15) is 63.1 Å². The molecule has 0 aliphatic heterocycles. The molecule has 92 valence electrons. The predicted molar refractivity (Wildman–Crippen MR) is 75.1 cm³/mol. The van der Waals surface area contributed by atoms with Crippen molar-refractivity contribution in [3.63, 3.8) is 0 Å². The third-order valence-corrected chi connectivity index (χ3v) is 2.80. The largest absolute Gasteiger partial charge is 0.0683 e. The maximum absolute atomic E-state index is 2.33. The van der Waals surface area contributed by atoms with Gasteiger partial charge in [0.25, 0.3) is 0 Å². The molecule has 0 unspecified atom stereocenters. The molecule has 16 heavy (non-hydrogen) atoms. The van der Waals surface area contributed by atoms with E-state index in [0.717, 1.165) is 0 Å². The van der Waals surface area contributed by atoms with Crippen molar-refractivity contribution >= 4 is 0 Å². The fraction of sp³-hybridized carbons (Fsp3) is 0.625. The van der Waals surface area contributed by atoms with E-state index in [-0.39, 0.29) is 0 Å². The molecule has 1 aromatic carbocycles. The molecule has 0 radical (unpaired) electrons. The summed E-state index contributed by atoms with van der Waals surface area (Å²) in [5, 5.41) is 0. The first-order valence-corrected chi connectivity index (χ1v) is 6.80. The van der Waals surface area contributed by atoms with Crippen molar-refractivity contribution in [1.29, 1.82) is 0 Å². The monoisotopic (exact) mass is 220 g/mol. The molecule has 0 spiro atoms. The number of aryl methyl sites for hydroxylation is 3. The Labute approximate surface area is 102 Å². The van der Waals surface area contributed by atoms with Crippen LogP contribution in [-0.4, -0.2) is 0 Å². The maximum Gasteiger partial charge on any atom is -0.0276 e. The fourth-order valence-electron chi connectivity index (χ4n) is 1.81. The highest BCUT2D eigenvalue weighted by molar-refractivity contribution is 5.30. The van der Waals surface area contributed by atoms with Crippen molar-refractivity contribution in [3.8, 4) is 0 Å². The van der Waals surface area contributed by atoms with E-state index in [1.807, 2.05) is 13.8 Å². The van der Waals surface area contributed by atoms with E-state index in [4.69, 9.17) is 0 Å². The fourth-order valence-corrected chi connectivity index (χ4v) is 1.81. The van der Waals surface area contributed by atoms with Gasteiger partial charge in [0.15, 0.2) is 0 Å². The zero-order valence-corrected chi connectivity index (χ0v) is 11.8. The number of unbranched alkanes of at least 4 members (excludes halogenated alkanes) is 3. The SMILES string of the molecule is CC.CCCCCCc1cc(C)ccc1C. The van der Waals surface area contributed by atoms with E-state index in [2.05, 4.69) is 39.0 Å². The molecule has 0 bridgehead atoms. The minimum absolute atomic E-state index is 1.26. The van der Waals surface area contributed by atoms with Gasteiger partial charge in [-0.15, -0.1) is 0 Å². The topological polar surface area (TPSA) is 0 Å². The van der Waals surface area contributed by atoms with E-state index < -0.39 is 0 Å². The standard InChI is InChI=1S/C14H22.C2H6/c1-4-5-6-7-8-14-11-12(2)9-10-13(14)3;1-2/h9-11H,4-8H2,1-3H3;1-2H3. The van der Waals surface area contributed by atoms with Gasteiger partial charge in [-0.25, -0.2) is 0 Å². The van der Waals surface area contributed by atoms with Crippen molar-refractivity contribution < 1.29 is 0 Å². The summed E-state index contributed by atoms with van der Waals surface area (Å²) in [6.07, 6.45) is 6.69. The predicted octanol–water partition coefficient (Wildman–Crippen LogP) is 5.45. The first-order valence-electron chi connectivity index (χ1n) is 6.80. The first-order chi connectivity index (χ1) is 7.74. The third-order valence-electron chi connectivity index (χ3n) is 2.80. The molecule has 0 heteroatoms. The van der Waals surface area contributed by atoms with E-state index in [9.17, 15) is 0 Å². The Morgan fingerprint density at radius 1 is 0.938 bits per heavy atom. The highest BCUT2D eigenvalue weighted by Crippen LogP contribution is 2.14. The summed E-state index contributed by atoms with van der Waals surface area (Å²) in [6.45, 7) is 10.7. The summed E-state index contributed by atoms with van der Waals surface area (Å²) in [4.78, 5) is 0. The summed E-state index contributed by atoms with van der Waals surface area (Å²) in [5.74, 6) is 0. The van der Waals surface area contributed by atoms with Crippen molar-refractivity contribution in [1.82, 2.24) is 0 Å². The van der Waals surface area contributed by atoms with Gasteiger partial charge in [0.1, 0.15) is 0 Å². The second-order valence-electron chi connectivity index (χ2n) is 4.24. The van der Waals surface area contributed by atoms with Gasteiger partial charge >= 0.3 is 0 Å². The molecule has 0 fully saturated rings. The number of benzene rings is 1. The van der Waals surface area contributed by atoms with Crippen LogP contribution in [0, 0.1) is 13.8 Å². The average Bonchev–Trinajstić information content (AvgIpc) is 2.31. The lowest BCUT2D eigenvalue weighted by Crippen LogP contribution is -1.91. The van der Waals surface area contributed by atoms with Gasteiger partial charge in [-0.1, -0.05) is 63.8 Å². The van der Waals surface area contributed by atoms with Gasteiger partial charge in [-0.2, -0.15) is 0 Å². The number of rotatable bonds is 5. The maximum atomic E-state index is 2.33.